The summed E-state index contributed by atoms with van der Waals surface area (Å²) in [5, 5.41) is 9.70. The number of terminal acetylenes is 1. The van der Waals surface area contributed by atoms with Gasteiger partial charge >= 0.3 is 0 Å². The van der Waals surface area contributed by atoms with Crippen molar-refractivity contribution in [1.29, 1.82) is 0 Å². The Morgan fingerprint density at radius 2 is 2.29 bits per heavy atom. The van der Waals surface area contributed by atoms with Crippen LogP contribution in [0.2, 0.25) is 0 Å². The number of methoxy groups -OCH3 is 1. The minimum absolute atomic E-state index is 0.305. The van der Waals surface area contributed by atoms with Crippen molar-refractivity contribution >= 4 is 0 Å². The molecule has 0 bridgehead atoms. The molecule has 74 valence electrons. The average Bonchev–Trinajstić information content (AvgIpc) is 2.17. The van der Waals surface area contributed by atoms with E-state index in [1.165, 1.54) is 0 Å². The normalized spacial score (nSPS) is 11.9. The molecule has 2 heteroatoms. The van der Waals surface area contributed by atoms with Crippen molar-refractivity contribution in [2.75, 3.05) is 7.11 Å². The Morgan fingerprint density at radius 3 is 2.86 bits per heavy atom. The van der Waals surface area contributed by atoms with Gasteiger partial charge in [0.05, 0.1) is 13.2 Å². The van der Waals surface area contributed by atoms with Gasteiger partial charge in [0.25, 0.3) is 0 Å². The summed E-state index contributed by atoms with van der Waals surface area (Å²) in [5.74, 6) is 3.11. The molecular weight excluding hydrogens is 176 g/mol. The molecule has 0 saturated carbocycles. The van der Waals surface area contributed by atoms with E-state index in [1.807, 2.05) is 25.1 Å². The second-order valence-corrected chi connectivity index (χ2v) is 3.17. The fourth-order valence-electron chi connectivity index (χ4n) is 1.32. The topological polar surface area (TPSA) is 29.5 Å². The first-order chi connectivity index (χ1) is 6.69. The Hall–Kier alpha value is -1.46. The Balaban J connectivity index is 3.02. The first-order valence-corrected chi connectivity index (χ1v) is 4.45. The van der Waals surface area contributed by atoms with E-state index < -0.39 is 6.10 Å². The van der Waals surface area contributed by atoms with E-state index in [0.717, 1.165) is 11.1 Å². The maximum atomic E-state index is 9.70. The second-order valence-electron chi connectivity index (χ2n) is 3.17. The lowest BCUT2D eigenvalue weighted by molar-refractivity contribution is 0.179. The Kier molecular flexibility index (Phi) is 3.55. The van der Waals surface area contributed by atoms with Crippen molar-refractivity contribution < 1.29 is 9.84 Å². The number of benzene rings is 1. The third kappa shape index (κ3) is 2.27. The van der Waals surface area contributed by atoms with E-state index in [0.29, 0.717) is 12.2 Å². The fourth-order valence-corrected chi connectivity index (χ4v) is 1.32. The van der Waals surface area contributed by atoms with E-state index in [4.69, 9.17) is 11.2 Å². The van der Waals surface area contributed by atoms with Crippen LogP contribution in [0.15, 0.2) is 18.2 Å². The van der Waals surface area contributed by atoms with E-state index in [9.17, 15) is 5.11 Å². The summed E-state index contributed by atoms with van der Waals surface area (Å²) in [5.41, 5.74) is 1.84. The molecule has 0 aliphatic carbocycles. The third-order valence-electron chi connectivity index (χ3n) is 2.06. The molecule has 1 atom stereocenters. The number of rotatable bonds is 3. The van der Waals surface area contributed by atoms with Crippen LogP contribution in [0.1, 0.15) is 23.7 Å². The van der Waals surface area contributed by atoms with Crippen LogP contribution >= 0.6 is 0 Å². The molecule has 0 saturated heterocycles. The average molecular weight is 190 g/mol. The number of aliphatic hydroxyl groups excluding tert-OH is 1. The van der Waals surface area contributed by atoms with Crippen LogP contribution in [0.5, 0.6) is 5.75 Å². The molecule has 0 amide bonds. The van der Waals surface area contributed by atoms with E-state index in [1.54, 1.807) is 7.11 Å². The van der Waals surface area contributed by atoms with Crippen molar-refractivity contribution in [2.24, 2.45) is 0 Å². The zero-order valence-electron chi connectivity index (χ0n) is 8.45. The van der Waals surface area contributed by atoms with Gasteiger partial charge in [0.15, 0.2) is 0 Å². The van der Waals surface area contributed by atoms with E-state index in [-0.39, 0.29) is 0 Å². The van der Waals surface area contributed by atoms with Crippen LogP contribution in [-0.4, -0.2) is 12.2 Å². The van der Waals surface area contributed by atoms with Crippen molar-refractivity contribution in [3.8, 4) is 18.1 Å². The van der Waals surface area contributed by atoms with Crippen LogP contribution in [0.3, 0.4) is 0 Å². The first kappa shape index (κ1) is 10.6. The maximum absolute atomic E-state index is 9.70. The Morgan fingerprint density at radius 1 is 1.57 bits per heavy atom. The Labute approximate surface area is 84.5 Å². The fraction of sp³-hybridized carbons (Fsp3) is 0.333. The number of aryl methyl sites for hydroxylation is 1. The summed E-state index contributed by atoms with van der Waals surface area (Å²) < 4.78 is 5.17. The highest BCUT2D eigenvalue weighted by Gasteiger charge is 2.11. The predicted molar refractivity (Wildman–Crippen MR) is 56.1 cm³/mol. The van der Waals surface area contributed by atoms with Crippen LogP contribution < -0.4 is 4.74 Å². The maximum Gasteiger partial charge on any atom is 0.124 e. The zero-order chi connectivity index (χ0) is 10.6. The molecule has 1 aromatic carbocycles. The lowest BCUT2D eigenvalue weighted by Gasteiger charge is -2.13. The molecule has 0 aliphatic heterocycles. The number of hydrogen-bond donors (Lipinski definition) is 1. The minimum Gasteiger partial charge on any atom is -0.496 e. The molecule has 2 nitrogen and oxygen atoms in total. The largest absolute Gasteiger partial charge is 0.496 e. The van der Waals surface area contributed by atoms with Gasteiger partial charge in [-0.3, -0.25) is 0 Å². The molecule has 0 spiro atoms. The SMILES string of the molecule is C#CCC(O)c1ccc(C)cc1OC. The molecule has 1 aromatic rings. The molecular formula is C12H14O2. The van der Waals surface area contributed by atoms with Gasteiger partial charge in [-0.15, -0.1) is 12.3 Å². The monoisotopic (exact) mass is 190 g/mol. The van der Waals surface area contributed by atoms with Gasteiger partial charge in [0.1, 0.15) is 5.75 Å². The summed E-state index contributed by atoms with van der Waals surface area (Å²) in [6.07, 6.45) is 4.80. The lowest BCUT2D eigenvalue weighted by atomic mass is 10.0. The molecule has 14 heavy (non-hydrogen) atoms. The molecule has 0 fully saturated rings. The molecule has 0 aromatic heterocycles. The summed E-state index contributed by atoms with van der Waals surface area (Å²) >= 11 is 0. The third-order valence-corrected chi connectivity index (χ3v) is 2.06. The van der Waals surface area contributed by atoms with Gasteiger partial charge in [0.2, 0.25) is 0 Å². The van der Waals surface area contributed by atoms with E-state index >= 15 is 0 Å². The number of aliphatic hydroxyl groups is 1. The van der Waals surface area contributed by atoms with Gasteiger partial charge in [0, 0.05) is 12.0 Å². The standard InChI is InChI=1S/C12H14O2/c1-4-5-11(13)10-7-6-9(2)8-12(10)14-3/h1,6-8,11,13H,5H2,2-3H3. The van der Waals surface area contributed by atoms with E-state index in [2.05, 4.69) is 5.92 Å². The highest BCUT2D eigenvalue weighted by Crippen LogP contribution is 2.27. The number of ether oxygens (including phenoxy) is 1. The first-order valence-electron chi connectivity index (χ1n) is 4.45. The summed E-state index contributed by atoms with van der Waals surface area (Å²) in [4.78, 5) is 0. The highest BCUT2D eigenvalue weighted by atomic mass is 16.5. The molecule has 0 heterocycles. The van der Waals surface area contributed by atoms with Crippen molar-refractivity contribution in [2.45, 2.75) is 19.4 Å². The van der Waals surface area contributed by atoms with Crippen LogP contribution in [0.25, 0.3) is 0 Å². The van der Waals surface area contributed by atoms with Gasteiger partial charge in [-0.2, -0.15) is 0 Å². The predicted octanol–water partition coefficient (Wildman–Crippen LogP) is 2.06. The van der Waals surface area contributed by atoms with Gasteiger partial charge in [-0.25, -0.2) is 0 Å². The number of hydrogen-bond acceptors (Lipinski definition) is 2. The van der Waals surface area contributed by atoms with Crippen LogP contribution in [0.4, 0.5) is 0 Å². The van der Waals surface area contributed by atoms with Gasteiger partial charge in [-0.1, -0.05) is 12.1 Å². The smallest absolute Gasteiger partial charge is 0.124 e. The molecule has 1 unspecified atom stereocenters. The summed E-state index contributed by atoms with van der Waals surface area (Å²) in [6, 6.07) is 5.66. The van der Waals surface area contributed by atoms with Gasteiger partial charge < -0.3 is 9.84 Å². The van der Waals surface area contributed by atoms with Crippen molar-refractivity contribution in [3.63, 3.8) is 0 Å². The molecule has 1 N–H and O–H groups in total. The summed E-state index contributed by atoms with van der Waals surface area (Å²) in [7, 11) is 1.58. The Bertz CT molecular complexity index is 350. The molecule has 0 aliphatic rings. The quantitative estimate of drug-likeness (QED) is 0.739. The highest BCUT2D eigenvalue weighted by molar-refractivity contribution is 5.38. The molecule has 1 rings (SSSR count). The lowest BCUT2D eigenvalue weighted by Crippen LogP contribution is -1.99. The molecule has 0 radical (unpaired) electrons. The summed E-state index contributed by atoms with van der Waals surface area (Å²) in [6.45, 7) is 1.97. The minimum atomic E-state index is -0.643. The van der Waals surface area contributed by atoms with Crippen LogP contribution in [0, 0.1) is 19.3 Å². The van der Waals surface area contributed by atoms with Crippen molar-refractivity contribution in [1.82, 2.24) is 0 Å². The zero-order valence-corrected chi connectivity index (χ0v) is 8.45. The van der Waals surface area contributed by atoms with Crippen molar-refractivity contribution in [3.05, 3.63) is 29.3 Å². The van der Waals surface area contributed by atoms with Gasteiger partial charge in [-0.05, 0) is 18.6 Å². The van der Waals surface area contributed by atoms with Crippen LogP contribution in [-0.2, 0) is 0 Å². The second kappa shape index (κ2) is 4.69.